The Balaban J connectivity index is 2.01. The van der Waals surface area contributed by atoms with Crippen molar-refractivity contribution in [2.24, 2.45) is 0 Å². The van der Waals surface area contributed by atoms with Crippen LogP contribution in [0.5, 0.6) is 0 Å². The maximum atomic E-state index is 12.9. The minimum absolute atomic E-state index is 0.169. The van der Waals surface area contributed by atoms with Gasteiger partial charge in [-0.25, -0.2) is 8.42 Å². The summed E-state index contributed by atoms with van der Waals surface area (Å²) in [5.74, 6) is -0.351. The summed E-state index contributed by atoms with van der Waals surface area (Å²) in [6, 6.07) is 10.7. The molecule has 1 amide bonds. The topological polar surface area (TPSA) is 66.5 Å². The van der Waals surface area contributed by atoms with E-state index in [1.54, 1.807) is 19.9 Å². The summed E-state index contributed by atoms with van der Waals surface area (Å²) in [4.78, 5) is 13.5. The van der Waals surface area contributed by atoms with Gasteiger partial charge in [0.2, 0.25) is 10.0 Å². The van der Waals surface area contributed by atoms with Crippen molar-refractivity contribution < 1.29 is 13.2 Å². The molecular weight excluding hydrogens is 428 g/mol. The van der Waals surface area contributed by atoms with Gasteiger partial charge in [0.25, 0.3) is 5.91 Å². The van der Waals surface area contributed by atoms with Crippen LogP contribution in [0.15, 0.2) is 41.3 Å². The maximum absolute atomic E-state index is 12.9. The van der Waals surface area contributed by atoms with Crippen LogP contribution in [-0.4, -0.2) is 31.7 Å². The van der Waals surface area contributed by atoms with Gasteiger partial charge >= 0.3 is 0 Å². The number of rotatable bonds is 6. The average Bonchev–Trinajstić information content (AvgIpc) is 3.03. The van der Waals surface area contributed by atoms with Crippen LogP contribution in [0.25, 0.3) is 10.1 Å². The highest BCUT2D eigenvalue weighted by Crippen LogP contribution is 2.36. The third kappa shape index (κ3) is 4.05. The zero-order valence-corrected chi connectivity index (χ0v) is 19.1. The van der Waals surface area contributed by atoms with E-state index in [9.17, 15) is 13.2 Å². The Labute approximate surface area is 180 Å². The lowest BCUT2D eigenvalue weighted by Gasteiger charge is -2.20. The number of halogens is 1. The number of benzene rings is 2. The molecule has 3 aromatic rings. The third-order valence-corrected chi connectivity index (χ3v) is 8.68. The molecule has 3 rings (SSSR count). The van der Waals surface area contributed by atoms with Crippen LogP contribution in [0.1, 0.15) is 34.6 Å². The number of nitrogens with zero attached hydrogens (tertiary/aromatic N) is 1. The highest BCUT2D eigenvalue weighted by Gasteiger charge is 2.24. The van der Waals surface area contributed by atoms with Crippen molar-refractivity contribution in [1.82, 2.24) is 4.31 Å². The molecule has 0 radical (unpaired) electrons. The number of nitrogens with one attached hydrogen (secondary N) is 1. The van der Waals surface area contributed by atoms with Gasteiger partial charge in [-0.05, 0) is 43.2 Å². The summed E-state index contributed by atoms with van der Waals surface area (Å²) in [6.45, 7) is 8.04. The molecule has 5 nitrogen and oxygen atoms in total. The number of amides is 1. The van der Waals surface area contributed by atoms with Crippen LogP contribution in [0.4, 0.5) is 5.69 Å². The fourth-order valence-corrected chi connectivity index (χ4v) is 6.14. The first-order valence-corrected chi connectivity index (χ1v) is 11.9. The number of fused-ring (bicyclic) bond motifs is 1. The normalized spacial score (nSPS) is 11.9. The van der Waals surface area contributed by atoms with Gasteiger partial charge < -0.3 is 5.32 Å². The van der Waals surface area contributed by atoms with Crippen LogP contribution in [0.3, 0.4) is 0 Å². The Morgan fingerprint density at radius 3 is 2.41 bits per heavy atom. The lowest BCUT2D eigenvalue weighted by atomic mass is 10.1. The van der Waals surface area contributed by atoms with Crippen molar-refractivity contribution in [3.63, 3.8) is 0 Å². The van der Waals surface area contributed by atoms with Crippen molar-refractivity contribution in [3.05, 3.63) is 57.4 Å². The quantitative estimate of drug-likeness (QED) is 0.542. The van der Waals surface area contributed by atoms with Gasteiger partial charge in [-0.15, -0.1) is 11.3 Å². The fraction of sp³-hybridized carbons (Fsp3) is 0.286. The smallest absolute Gasteiger partial charge is 0.267 e. The minimum Gasteiger partial charge on any atom is -0.321 e. The van der Waals surface area contributed by atoms with Crippen molar-refractivity contribution in [1.29, 1.82) is 0 Å². The van der Waals surface area contributed by atoms with E-state index in [0.29, 0.717) is 28.7 Å². The van der Waals surface area contributed by atoms with E-state index in [-0.39, 0.29) is 10.8 Å². The number of carbonyl (C=O) groups is 1. The molecule has 2 aromatic carbocycles. The van der Waals surface area contributed by atoms with E-state index in [0.717, 1.165) is 21.2 Å². The number of carbonyl (C=O) groups excluding carboxylic acids is 1. The fourth-order valence-electron chi connectivity index (χ4n) is 3.16. The number of aryl methyl sites for hydroxylation is 1. The predicted molar refractivity (Wildman–Crippen MR) is 121 cm³/mol. The monoisotopic (exact) mass is 450 g/mol. The second kappa shape index (κ2) is 8.44. The molecule has 0 bridgehead atoms. The molecule has 1 aromatic heterocycles. The lowest BCUT2D eigenvalue weighted by Crippen LogP contribution is -2.30. The first kappa shape index (κ1) is 21.8. The third-order valence-electron chi connectivity index (χ3n) is 4.97. The van der Waals surface area contributed by atoms with Crippen LogP contribution >= 0.6 is 22.9 Å². The van der Waals surface area contributed by atoms with Crippen LogP contribution < -0.4 is 5.32 Å². The Kier molecular flexibility index (Phi) is 6.33. The van der Waals surface area contributed by atoms with Crippen molar-refractivity contribution >= 4 is 54.6 Å². The summed E-state index contributed by atoms with van der Waals surface area (Å²) in [7, 11) is -3.63. The highest BCUT2D eigenvalue weighted by atomic mass is 35.5. The predicted octanol–water partition coefficient (Wildman–Crippen LogP) is 5.45. The summed E-state index contributed by atoms with van der Waals surface area (Å²) in [6.07, 6.45) is 0. The highest BCUT2D eigenvalue weighted by molar-refractivity contribution is 7.89. The molecule has 0 saturated heterocycles. The summed E-state index contributed by atoms with van der Waals surface area (Å²) in [5, 5.41) is 4.10. The van der Waals surface area contributed by atoms with Gasteiger partial charge in [-0.3, -0.25) is 4.79 Å². The molecule has 0 atom stereocenters. The van der Waals surface area contributed by atoms with Crippen LogP contribution in [-0.2, 0) is 10.0 Å². The SMILES string of the molecule is CCN(CC)S(=O)(=O)c1cc(C)c(C)c(NC(=O)c2sc3ccccc3c2Cl)c1. The largest absolute Gasteiger partial charge is 0.321 e. The molecule has 154 valence electrons. The molecule has 1 N–H and O–H groups in total. The molecule has 0 aliphatic carbocycles. The van der Waals surface area contributed by atoms with E-state index in [2.05, 4.69) is 5.32 Å². The van der Waals surface area contributed by atoms with E-state index in [1.165, 1.54) is 21.7 Å². The number of anilines is 1. The molecular formula is C21H23ClN2O3S2. The first-order valence-electron chi connectivity index (χ1n) is 9.30. The number of sulfonamides is 1. The van der Waals surface area contributed by atoms with E-state index in [1.807, 2.05) is 38.1 Å². The summed E-state index contributed by atoms with van der Waals surface area (Å²) in [5.41, 5.74) is 2.07. The molecule has 0 fully saturated rings. The van der Waals surface area contributed by atoms with Crippen molar-refractivity contribution in [2.75, 3.05) is 18.4 Å². The molecule has 1 heterocycles. The number of thiophene rings is 1. The summed E-state index contributed by atoms with van der Waals surface area (Å²) >= 11 is 7.73. The Bertz CT molecular complexity index is 1180. The van der Waals surface area contributed by atoms with Crippen molar-refractivity contribution in [3.8, 4) is 0 Å². The van der Waals surface area contributed by atoms with Crippen LogP contribution in [0, 0.1) is 13.8 Å². The van der Waals surface area contributed by atoms with Gasteiger partial charge in [-0.2, -0.15) is 4.31 Å². The maximum Gasteiger partial charge on any atom is 0.267 e. The lowest BCUT2D eigenvalue weighted by molar-refractivity contribution is 0.103. The van der Waals surface area contributed by atoms with Crippen molar-refractivity contribution in [2.45, 2.75) is 32.6 Å². The average molecular weight is 451 g/mol. The number of hydrogen-bond donors (Lipinski definition) is 1. The second-order valence-corrected chi connectivity index (χ2v) is 10.1. The van der Waals surface area contributed by atoms with E-state index >= 15 is 0 Å². The molecule has 0 saturated carbocycles. The molecule has 29 heavy (non-hydrogen) atoms. The summed E-state index contributed by atoms with van der Waals surface area (Å²) < 4.78 is 28.2. The van der Waals surface area contributed by atoms with E-state index < -0.39 is 10.0 Å². The molecule has 0 unspecified atom stereocenters. The zero-order valence-electron chi connectivity index (χ0n) is 16.7. The molecule has 0 spiro atoms. The van der Waals surface area contributed by atoms with Crippen LogP contribution in [0.2, 0.25) is 5.02 Å². The first-order chi connectivity index (χ1) is 13.7. The van der Waals surface area contributed by atoms with Gasteiger partial charge in [0.1, 0.15) is 4.88 Å². The molecule has 0 aliphatic heterocycles. The molecule has 0 aliphatic rings. The Hall–Kier alpha value is -1.93. The van der Waals surface area contributed by atoms with Gasteiger partial charge in [0.15, 0.2) is 0 Å². The van der Waals surface area contributed by atoms with E-state index in [4.69, 9.17) is 11.6 Å². The second-order valence-electron chi connectivity index (χ2n) is 6.70. The Morgan fingerprint density at radius 1 is 1.14 bits per heavy atom. The van der Waals surface area contributed by atoms with Gasteiger partial charge in [0, 0.05) is 28.9 Å². The molecule has 8 heteroatoms. The minimum atomic E-state index is -3.63. The zero-order chi connectivity index (χ0) is 21.3. The van der Waals surface area contributed by atoms with Gasteiger partial charge in [-0.1, -0.05) is 43.6 Å². The van der Waals surface area contributed by atoms with Gasteiger partial charge in [0.05, 0.1) is 9.92 Å². The number of hydrogen-bond acceptors (Lipinski definition) is 4. The standard InChI is InChI=1S/C21H23ClN2O3S2/c1-5-24(6-2)29(26,27)15-11-13(3)14(4)17(12-15)23-21(25)20-19(22)16-9-7-8-10-18(16)28-20/h7-12H,5-6H2,1-4H3,(H,23,25). The Morgan fingerprint density at radius 2 is 1.79 bits per heavy atom.